The Morgan fingerprint density at radius 3 is 2.64 bits per heavy atom. The van der Waals surface area contributed by atoms with E-state index in [0.717, 1.165) is 29.4 Å². The molecule has 28 heavy (non-hydrogen) atoms. The normalized spacial score (nSPS) is 18.4. The smallest absolute Gasteiger partial charge is 0.226 e. The van der Waals surface area contributed by atoms with Gasteiger partial charge in [0.1, 0.15) is 5.76 Å². The second-order valence-electron chi connectivity index (χ2n) is 8.80. The van der Waals surface area contributed by atoms with Crippen LogP contribution in [0.4, 0.5) is 0 Å². The van der Waals surface area contributed by atoms with E-state index in [4.69, 9.17) is 9.52 Å². The molecule has 0 spiro atoms. The second kappa shape index (κ2) is 10.8. The molecule has 156 valence electrons. The Hall–Kier alpha value is -1.65. The summed E-state index contributed by atoms with van der Waals surface area (Å²) in [5, 5.41) is 11.9. The van der Waals surface area contributed by atoms with Crippen molar-refractivity contribution in [3.05, 3.63) is 41.3 Å². The third-order valence-corrected chi connectivity index (χ3v) is 5.55. The van der Waals surface area contributed by atoms with Crippen molar-refractivity contribution in [3.63, 3.8) is 0 Å². The summed E-state index contributed by atoms with van der Waals surface area (Å²) in [6, 6.07) is 8.16. The van der Waals surface area contributed by atoms with Gasteiger partial charge < -0.3 is 14.8 Å². The predicted octanol–water partition coefficient (Wildman–Crippen LogP) is 5.52. The van der Waals surface area contributed by atoms with Crippen LogP contribution in [0.2, 0.25) is 0 Å². The summed E-state index contributed by atoms with van der Waals surface area (Å²) in [6.07, 6.45) is 6.75. The second-order valence-corrected chi connectivity index (χ2v) is 8.80. The summed E-state index contributed by atoms with van der Waals surface area (Å²) >= 11 is 0. The maximum absolute atomic E-state index is 8.76. The molecular weight excluding hydrogens is 348 g/mol. The van der Waals surface area contributed by atoms with Crippen LogP contribution < -0.4 is 5.32 Å². The first-order valence-electron chi connectivity index (χ1n) is 10.7. The van der Waals surface area contributed by atoms with Gasteiger partial charge in [-0.1, -0.05) is 58.7 Å². The Morgan fingerprint density at radius 1 is 1.29 bits per heavy atom. The largest absolute Gasteiger partial charge is 0.441 e. The van der Waals surface area contributed by atoms with Crippen molar-refractivity contribution in [2.75, 3.05) is 13.2 Å². The van der Waals surface area contributed by atoms with E-state index >= 15 is 0 Å². The van der Waals surface area contributed by atoms with E-state index in [2.05, 4.69) is 44.1 Å². The number of nitrogens with one attached hydrogen (secondary N) is 1. The lowest BCUT2D eigenvalue weighted by Crippen LogP contribution is -2.20. The molecule has 1 unspecified atom stereocenters. The predicted molar refractivity (Wildman–Crippen MR) is 116 cm³/mol. The fraction of sp³-hybridized carbons (Fsp3) is 0.625. The monoisotopic (exact) mass is 386 g/mol. The summed E-state index contributed by atoms with van der Waals surface area (Å²) in [5.41, 5.74) is 3.84. The standard InChI is InChI=1S/C15H20N2O2.C9H18/c1-3-12-6-4-5-7-13(12)15-17-14(11(2)19-15)10-16-8-9-18;1-8-5-4-6-9(2,3)7-8/h4-7,16,18H,3,8-10H2,1-2H3;8H,4-7H2,1-3H3. The highest BCUT2D eigenvalue weighted by molar-refractivity contribution is 5.59. The number of aryl methyl sites for hydroxylation is 2. The van der Waals surface area contributed by atoms with Crippen LogP contribution in [-0.2, 0) is 13.0 Å². The van der Waals surface area contributed by atoms with E-state index in [9.17, 15) is 0 Å². The van der Waals surface area contributed by atoms with Gasteiger partial charge in [0, 0.05) is 18.7 Å². The van der Waals surface area contributed by atoms with Crippen LogP contribution in [0.3, 0.4) is 0 Å². The zero-order chi connectivity index (χ0) is 20.6. The lowest BCUT2D eigenvalue weighted by molar-refractivity contribution is 0.191. The molecular formula is C24H38N2O2. The third-order valence-electron chi connectivity index (χ3n) is 5.55. The Bertz CT molecular complexity index is 721. The number of hydrogen-bond acceptors (Lipinski definition) is 4. The van der Waals surface area contributed by atoms with Crippen molar-refractivity contribution >= 4 is 0 Å². The first kappa shape index (κ1) is 22.6. The van der Waals surface area contributed by atoms with Gasteiger partial charge >= 0.3 is 0 Å². The van der Waals surface area contributed by atoms with Crippen LogP contribution in [0.5, 0.6) is 0 Å². The number of aromatic nitrogens is 1. The summed E-state index contributed by atoms with van der Waals surface area (Å²) in [5.74, 6) is 2.48. The molecule has 4 nitrogen and oxygen atoms in total. The summed E-state index contributed by atoms with van der Waals surface area (Å²) in [7, 11) is 0. The van der Waals surface area contributed by atoms with Crippen molar-refractivity contribution in [2.24, 2.45) is 11.3 Å². The Balaban J connectivity index is 0.000000261. The molecule has 1 saturated carbocycles. The third kappa shape index (κ3) is 6.75. The van der Waals surface area contributed by atoms with Crippen LogP contribution in [-0.4, -0.2) is 23.2 Å². The van der Waals surface area contributed by atoms with Gasteiger partial charge in [-0.2, -0.15) is 0 Å². The topological polar surface area (TPSA) is 58.3 Å². The summed E-state index contributed by atoms with van der Waals surface area (Å²) < 4.78 is 5.76. The Labute approximate surface area is 170 Å². The van der Waals surface area contributed by atoms with Crippen LogP contribution in [0.1, 0.15) is 70.4 Å². The van der Waals surface area contributed by atoms with Crippen molar-refractivity contribution in [3.8, 4) is 11.5 Å². The maximum atomic E-state index is 8.76. The molecule has 0 aliphatic heterocycles. The van der Waals surface area contributed by atoms with E-state index in [0.29, 0.717) is 24.4 Å². The van der Waals surface area contributed by atoms with E-state index in [1.807, 2.05) is 25.1 Å². The highest BCUT2D eigenvalue weighted by atomic mass is 16.4. The minimum absolute atomic E-state index is 0.127. The SMILES string of the molecule is CC1CCCC(C)(C)C1.CCc1ccccc1-c1nc(CNCCO)c(C)o1. The fourth-order valence-corrected chi connectivity index (χ4v) is 4.11. The summed E-state index contributed by atoms with van der Waals surface area (Å²) in [6.45, 7) is 12.5. The van der Waals surface area contributed by atoms with E-state index < -0.39 is 0 Å². The lowest BCUT2D eigenvalue weighted by atomic mass is 9.73. The molecule has 3 rings (SSSR count). The number of nitrogens with zero attached hydrogens (tertiary/aromatic N) is 1. The quantitative estimate of drug-likeness (QED) is 0.642. The highest BCUT2D eigenvalue weighted by Crippen LogP contribution is 2.37. The molecule has 0 amide bonds. The molecule has 2 aromatic rings. The number of rotatable bonds is 6. The molecule has 0 bridgehead atoms. The average Bonchev–Trinajstić information content (AvgIpc) is 3.02. The number of oxazole rings is 1. The van der Waals surface area contributed by atoms with Crippen molar-refractivity contribution in [2.45, 2.75) is 73.3 Å². The van der Waals surface area contributed by atoms with Crippen LogP contribution in [0.25, 0.3) is 11.5 Å². The zero-order valence-electron chi connectivity index (χ0n) is 18.3. The molecule has 0 saturated heterocycles. The molecule has 1 atom stereocenters. The molecule has 1 aromatic carbocycles. The highest BCUT2D eigenvalue weighted by Gasteiger charge is 2.24. The molecule has 1 fully saturated rings. The maximum Gasteiger partial charge on any atom is 0.226 e. The molecule has 1 aliphatic rings. The number of benzene rings is 1. The molecule has 0 radical (unpaired) electrons. The Morgan fingerprint density at radius 2 is 2.04 bits per heavy atom. The van der Waals surface area contributed by atoms with Gasteiger partial charge in [0.2, 0.25) is 5.89 Å². The van der Waals surface area contributed by atoms with Crippen LogP contribution >= 0.6 is 0 Å². The molecule has 4 heteroatoms. The number of aliphatic hydroxyl groups is 1. The first-order valence-corrected chi connectivity index (χ1v) is 10.7. The minimum atomic E-state index is 0.127. The summed E-state index contributed by atoms with van der Waals surface area (Å²) in [4.78, 5) is 4.55. The fourth-order valence-electron chi connectivity index (χ4n) is 4.11. The van der Waals surface area contributed by atoms with Crippen molar-refractivity contribution < 1.29 is 9.52 Å². The molecule has 1 aromatic heterocycles. The van der Waals surface area contributed by atoms with Gasteiger partial charge in [0.15, 0.2) is 0 Å². The van der Waals surface area contributed by atoms with Crippen LogP contribution in [0.15, 0.2) is 28.7 Å². The van der Waals surface area contributed by atoms with Gasteiger partial charge in [-0.15, -0.1) is 0 Å². The Kier molecular flexibility index (Phi) is 8.71. The molecule has 1 aliphatic carbocycles. The van der Waals surface area contributed by atoms with Gasteiger partial charge in [-0.25, -0.2) is 4.98 Å². The molecule has 1 heterocycles. The van der Waals surface area contributed by atoms with Gasteiger partial charge in [0.05, 0.1) is 12.3 Å². The van der Waals surface area contributed by atoms with E-state index in [-0.39, 0.29) is 6.61 Å². The zero-order valence-corrected chi connectivity index (χ0v) is 18.3. The van der Waals surface area contributed by atoms with E-state index in [1.165, 1.54) is 31.2 Å². The van der Waals surface area contributed by atoms with E-state index in [1.54, 1.807) is 0 Å². The molecule has 2 N–H and O–H groups in total. The first-order chi connectivity index (χ1) is 13.4. The van der Waals surface area contributed by atoms with Gasteiger partial charge in [0.25, 0.3) is 0 Å². The lowest BCUT2D eigenvalue weighted by Gasteiger charge is -2.33. The van der Waals surface area contributed by atoms with Crippen molar-refractivity contribution in [1.82, 2.24) is 10.3 Å². The number of hydrogen-bond donors (Lipinski definition) is 2. The number of aliphatic hydroxyl groups excluding tert-OH is 1. The minimum Gasteiger partial charge on any atom is -0.441 e. The average molecular weight is 387 g/mol. The van der Waals surface area contributed by atoms with Crippen molar-refractivity contribution in [1.29, 1.82) is 0 Å². The van der Waals surface area contributed by atoms with Gasteiger partial charge in [-0.3, -0.25) is 0 Å². The van der Waals surface area contributed by atoms with Crippen LogP contribution in [0, 0.1) is 18.3 Å². The van der Waals surface area contributed by atoms with Gasteiger partial charge in [-0.05, 0) is 49.1 Å².